The molecule has 0 saturated heterocycles. The lowest BCUT2D eigenvalue weighted by Crippen LogP contribution is -2.21. The van der Waals surface area contributed by atoms with Crippen LogP contribution in [0.5, 0.6) is 11.5 Å². The summed E-state index contributed by atoms with van der Waals surface area (Å²) in [5, 5.41) is 14.0. The number of nitrogens with zero attached hydrogens (tertiary/aromatic N) is 1. The lowest BCUT2D eigenvalue weighted by atomic mass is 10.3. The monoisotopic (exact) mass is 254 g/mol. The first kappa shape index (κ1) is 14.2. The lowest BCUT2D eigenvalue weighted by Gasteiger charge is -2.08. The smallest absolute Gasteiger partial charge is 0.314 e. The number of ether oxygens (including phenoxy) is 2. The number of nitrogens with one attached hydrogen (secondary N) is 1. The fourth-order valence-corrected chi connectivity index (χ4v) is 1.42. The zero-order valence-electron chi connectivity index (χ0n) is 10.6. The van der Waals surface area contributed by atoms with Crippen LogP contribution in [0.1, 0.15) is 13.3 Å². The van der Waals surface area contributed by atoms with Crippen LogP contribution < -0.4 is 14.8 Å². The van der Waals surface area contributed by atoms with Gasteiger partial charge in [-0.05, 0) is 25.1 Å². The van der Waals surface area contributed by atoms with E-state index in [0.29, 0.717) is 18.9 Å². The van der Waals surface area contributed by atoms with Gasteiger partial charge in [-0.15, -0.1) is 0 Å². The van der Waals surface area contributed by atoms with E-state index in [1.54, 1.807) is 12.1 Å². The molecule has 0 heterocycles. The molecule has 0 bridgehead atoms. The summed E-state index contributed by atoms with van der Waals surface area (Å²) in [5.41, 5.74) is -0.0789. The van der Waals surface area contributed by atoms with Crippen molar-refractivity contribution in [3.05, 3.63) is 28.3 Å². The zero-order chi connectivity index (χ0) is 13.4. The predicted octanol–water partition coefficient (Wildman–Crippen LogP) is 1.98. The van der Waals surface area contributed by atoms with Crippen LogP contribution in [-0.4, -0.2) is 31.7 Å². The molecule has 0 aliphatic heterocycles. The summed E-state index contributed by atoms with van der Waals surface area (Å²) in [6, 6.07) is 4.55. The molecule has 0 spiro atoms. The molecule has 1 aromatic rings. The van der Waals surface area contributed by atoms with Crippen molar-refractivity contribution in [2.45, 2.75) is 13.3 Å². The summed E-state index contributed by atoms with van der Waals surface area (Å²) < 4.78 is 10.3. The third kappa shape index (κ3) is 4.21. The van der Waals surface area contributed by atoms with Crippen molar-refractivity contribution >= 4 is 5.69 Å². The predicted molar refractivity (Wildman–Crippen MR) is 68.3 cm³/mol. The second-order valence-electron chi connectivity index (χ2n) is 3.69. The van der Waals surface area contributed by atoms with E-state index in [1.165, 1.54) is 13.2 Å². The maximum atomic E-state index is 10.9. The number of hydrogen-bond acceptors (Lipinski definition) is 5. The SMILES string of the molecule is CCCNCCOc1ccc(OC)cc1[N+](=O)[O-]. The van der Waals surface area contributed by atoms with Crippen LogP contribution in [-0.2, 0) is 0 Å². The van der Waals surface area contributed by atoms with Crippen LogP contribution in [0.15, 0.2) is 18.2 Å². The molecule has 6 heteroatoms. The van der Waals surface area contributed by atoms with E-state index in [2.05, 4.69) is 12.2 Å². The minimum absolute atomic E-state index is 0.0789. The fourth-order valence-electron chi connectivity index (χ4n) is 1.42. The van der Waals surface area contributed by atoms with E-state index in [9.17, 15) is 10.1 Å². The standard InChI is InChI=1S/C12H18N2O4/c1-3-6-13-7-8-18-12-5-4-10(17-2)9-11(12)14(15)16/h4-5,9,13H,3,6-8H2,1-2H3. The van der Waals surface area contributed by atoms with Crippen molar-refractivity contribution in [2.24, 2.45) is 0 Å². The van der Waals surface area contributed by atoms with E-state index in [4.69, 9.17) is 9.47 Å². The van der Waals surface area contributed by atoms with Crippen LogP contribution in [0, 0.1) is 10.1 Å². The first-order valence-corrected chi connectivity index (χ1v) is 5.85. The number of nitro benzene ring substituents is 1. The summed E-state index contributed by atoms with van der Waals surface area (Å²) in [6.07, 6.45) is 1.04. The van der Waals surface area contributed by atoms with Gasteiger partial charge in [0.1, 0.15) is 12.4 Å². The van der Waals surface area contributed by atoms with Gasteiger partial charge < -0.3 is 14.8 Å². The van der Waals surface area contributed by atoms with Gasteiger partial charge in [-0.2, -0.15) is 0 Å². The van der Waals surface area contributed by atoms with Crippen molar-refractivity contribution < 1.29 is 14.4 Å². The van der Waals surface area contributed by atoms with E-state index < -0.39 is 4.92 Å². The normalized spacial score (nSPS) is 10.1. The molecule has 100 valence electrons. The molecule has 0 unspecified atom stereocenters. The average molecular weight is 254 g/mol. The first-order valence-electron chi connectivity index (χ1n) is 5.85. The lowest BCUT2D eigenvalue weighted by molar-refractivity contribution is -0.385. The molecule has 0 aliphatic rings. The van der Waals surface area contributed by atoms with Crippen molar-refractivity contribution in [3.8, 4) is 11.5 Å². The summed E-state index contributed by atoms with van der Waals surface area (Å²) in [4.78, 5) is 10.4. The van der Waals surface area contributed by atoms with Gasteiger partial charge in [-0.3, -0.25) is 10.1 Å². The van der Waals surface area contributed by atoms with E-state index >= 15 is 0 Å². The zero-order valence-corrected chi connectivity index (χ0v) is 10.6. The van der Waals surface area contributed by atoms with E-state index in [0.717, 1.165) is 13.0 Å². The van der Waals surface area contributed by atoms with E-state index in [-0.39, 0.29) is 11.4 Å². The second kappa shape index (κ2) is 7.50. The molecular weight excluding hydrogens is 236 g/mol. The van der Waals surface area contributed by atoms with E-state index in [1.807, 2.05) is 0 Å². The Labute approximate surface area is 106 Å². The van der Waals surface area contributed by atoms with Crippen LogP contribution >= 0.6 is 0 Å². The van der Waals surface area contributed by atoms with Gasteiger partial charge >= 0.3 is 5.69 Å². The molecule has 0 aromatic heterocycles. The third-order valence-electron chi connectivity index (χ3n) is 2.33. The fraction of sp³-hybridized carbons (Fsp3) is 0.500. The van der Waals surface area contributed by atoms with Crippen molar-refractivity contribution in [2.75, 3.05) is 26.8 Å². The Balaban J connectivity index is 2.61. The highest BCUT2D eigenvalue weighted by molar-refractivity contribution is 5.50. The molecule has 18 heavy (non-hydrogen) atoms. The summed E-state index contributed by atoms with van der Waals surface area (Å²) >= 11 is 0. The minimum atomic E-state index is -0.475. The Morgan fingerprint density at radius 2 is 2.17 bits per heavy atom. The Bertz CT molecular complexity index is 396. The topological polar surface area (TPSA) is 73.6 Å². The molecule has 1 aromatic carbocycles. The Kier molecular flexibility index (Phi) is 5.93. The number of nitro groups is 1. The van der Waals surface area contributed by atoms with Gasteiger partial charge in [0.2, 0.25) is 0 Å². The van der Waals surface area contributed by atoms with Crippen LogP contribution in [0.3, 0.4) is 0 Å². The highest BCUT2D eigenvalue weighted by Gasteiger charge is 2.16. The Morgan fingerprint density at radius 3 is 2.78 bits per heavy atom. The van der Waals surface area contributed by atoms with Gasteiger partial charge in [0.15, 0.2) is 5.75 Å². The van der Waals surface area contributed by atoms with Gasteiger partial charge in [-0.25, -0.2) is 0 Å². The van der Waals surface area contributed by atoms with Gasteiger partial charge in [0, 0.05) is 6.54 Å². The van der Waals surface area contributed by atoms with Crippen LogP contribution in [0.25, 0.3) is 0 Å². The quantitative estimate of drug-likeness (QED) is 0.436. The molecule has 0 aliphatic carbocycles. The third-order valence-corrected chi connectivity index (χ3v) is 2.33. The van der Waals surface area contributed by atoms with Crippen molar-refractivity contribution in [1.82, 2.24) is 5.32 Å². The molecule has 0 fully saturated rings. The summed E-state index contributed by atoms with van der Waals surface area (Å²) in [5.74, 6) is 0.706. The molecule has 1 rings (SSSR count). The maximum Gasteiger partial charge on any atom is 0.314 e. The molecule has 6 nitrogen and oxygen atoms in total. The summed E-state index contributed by atoms with van der Waals surface area (Å²) in [7, 11) is 1.47. The Hall–Kier alpha value is -1.82. The van der Waals surface area contributed by atoms with Crippen LogP contribution in [0.2, 0.25) is 0 Å². The number of hydrogen-bond donors (Lipinski definition) is 1. The first-order chi connectivity index (χ1) is 8.69. The maximum absolute atomic E-state index is 10.9. The molecular formula is C12H18N2O4. The largest absolute Gasteiger partial charge is 0.496 e. The summed E-state index contributed by atoms with van der Waals surface area (Å²) in [6.45, 7) is 4.04. The molecule has 0 radical (unpaired) electrons. The highest BCUT2D eigenvalue weighted by atomic mass is 16.6. The minimum Gasteiger partial charge on any atom is -0.496 e. The van der Waals surface area contributed by atoms with Crippen molar-refractivity contribution in [1.29, 1.82) is 0 Å². The molecule has 1 N–H and O–H groups in total. The molecule has 0 saturated carbocycles. The highest BCUT2D eigenvalue weighted by Crippen LogP contribution is 2.30. The van der Waals surface area contributed by atoms with Gasteiger partial charge in [0.05, 0.1) is 18.1 Å². The second-order valence-corrected chi connectivity index (χ2v) is 3.69. The number of methoxy groups -OCH3 is 1. The van der Waals surface area contributed by atoms with Gasteiger partial charge in [0.25, 0.3) is 0 Å². The van der Waals surface area contributed by atoms with Crippen LogP contribution in [0.4, 0.5) is 5.69 Å². The Morgan fingerprint density at radius 1 is 1.39 bits per heavy atom. The molecule has 0 atom stereocenters. The number of benzene rings is 1. The average Bonchev–Trinajstić information content (AvgIpc) is 2.38. The number of rotatable bonds is 8. The van der Waals surface area contributed by atoms with Gasteiger partial charge in [-0.1, -0.05) is 6.92 Å². The molecule has 0 amide bonds. The van der Waals surface area contributed by atoms with Crippen molar-refractivity contribution in [3.63, 3.8) is 0 Å².